The van der Waals surface area contributed by atoms with Crippen LogP contribution in [-0.4, -0.2) is 24.5 Å². The van der Waals surface area contributed by atoms with Crippen molar-refractivity contribution in [2.24, 2.45) is 4.99 Å². The summed E-state index contributed by atoms with van der Waals surface area (Å²) in [4.78, 5) is 4.60. The molecule has 0 amide bonds. The molecule has 3 rings (SSSR count). The number of fused-ring (bicyclic) bond motifs is 1. The van der Waals surface area contributed by atoms with Crippen LogP contribution in [0.15, 0.2) is 17.1 Å². The molecule has 17 heavy (non-hydrogen) atoms. The fourth-order valence-electron chi connectivity index (χ4n) is 2.56. The second kappa shape index (κ2) is 4.07. The van der Waals surface area contributed by atoms with E-state index in [0.29, 0.717) is 13.0 Å². The van der Waals surface area contributed by atoms with Crippen LogP contribution in [0.1, 0.15) is 17.5 Å². The van der Waals surface area contributed by atoms with E-state index in [9.17, 15) is 4.39 Å². The number of hydrogen-bond donors (Lipinski definition) is 1. The lowest BCUT2D eigenvalue weighted by Crippen LogP contribution is -2.30. The van der Waals surface area contributed by atoms with Gasteiger partial charge in [0, 0.05) is 36.2 Å². The Labute approximate surface area is 105 Å². The summed E-state index contributed by atoms with van der Waals surface area (Å²) < 4.78 is 13.2. The van der Waals surface area contributed by atoms with Gasteiger partial charge in [-0.2, -0.15) is 0 Å². The topological polar surface area (TPSA) is 24.4 Å². The number of benzene rings is 1. The molecule has 0 unspecified atom stereocenters. The third kappa shape index (κ3) is 1.87. The van der Waals surface area contributed by atoms with Crippen molar-refractivity contribution < 1.29 is 4.39 Å². The Kier molecular flexibility index (Phi) is 2.68. The van der Waals surface area contributed by atoms with Crippen LogP contribution in [0.2, 0.25) is 5.02 Å². The molecule has 0 bridgehead atoms. The molecule has 0 aromatic heterocycles. The highest BCUT2D eigenvalue weighted by Crippen LogP contribution is 2.34. The highest BCUT2D eigenvalue weighted by atomic mass is 35.5. The summed E-state index contributed by atoms with van der Waals surface area (Å²) in [5.41, 5.74) is 4.32. The van der Waals surface area contributed by atoms with E-state index in [1.165, 1.54) is 5.56 Å². The van der Waals surface area contributed by atoms with Crippen molar-refractivity contribution in [3.8, 4) is 0 Å². The molecule has 2 atom stereocenters. The summed E-state index contributed by atoms with van der Waals surface area (Å²) in [6, 6.07) is 3.91. The summed E-state index contributed by atoms with van der Waals surface area (Å²) in [5.74, 6) is 0. The second-order valence-electron chi connectivity index (χ2n) is 4.74. The number of aliphatic imine (C=N–C) groups is 1. The zero-order valence-electron chi connectivity index (χ0n) is 9.63. The summed E-state index contributed by atoms with van der Waals surface area (Å²) >= 11 is 6.10. The van der Waals surface area contributed by atoms with Crippen molar-refractivity contribution in [2.45, 2.75) is 32.0 Å². The minimum atomic E-state index is -0.740. The Hall–Kier alpha value is -0.930. The predicted octanol–water partition coefficient (Wildman–Crippen LogP) is 2.98. The van der Waals surface area contributed by atoms with Crippen LogP contribution in [0, 0.1) is 6.92 Å². The Bertz CT molecular complexity index is 498. The quantitative estimate of drug-likeness (QED) is 0.817. The van der Waals surface area contributed by atoms with Gasteiger partial charge in [-0.15, -0.1) is 0 Å². The fourth-order valence-corrected chi connectivity index (χ4v) is 2.74. The molecule has 2 aliphatic rings. The zero-order chi connectivity index (χ0) is 12.0. The van der Waals surface area contributed by atoms with Gasteiger partial charge >= 0.3 is 0 Å². The van der Waals surface area contributed by atoms with Crippen LogP contribution < -0.4 is 5.32 Å². The molecule has 1 fully saturated rings. The highest BCUT2D eigenvalue weighted by molar-refractivity contribution is 6.31. The van der Waals surface area contributed by atoms with Crippen LogP contribution in [0.5, 0.6) is 0 Å². The molecule has 1 aromatic carbocycles. The Morgan fingerprint density at radius 3 is 3.00 bits per heavy atom. The van der Waals surface area contributed by atoms with E-state index in [1.807, 2.05) is 19.1 Å². The van der Waals surface area contributed by atoms with E-state index in [-0.39, 0.29) is 6.04 Å². The molecule has 0 saturated carbocycles. The summed E-state index contributed by atoms with van der Waals surface area (Å²) in [6.07, 6.45) is 0.599. The van der Waals surface area contributed by atoms with Crippen LogP contribution in [-0.2, 0) is 6.42 Å². The molecule has 0 spiro atoms. The maximum absolute atomic E-state index is 13.2. The largest absolute Gasteiger partial charge is 0.306 e. The first-order valence-corrected chi connectivity index (χ1v) is 6.26. The lowest BCUT2D eigenvalue weighted by molar-refractivity contribution is 0.359. The lowest BCUT2D eigenvalue weighted by atomic mass is 10.00. The maximum Gasteiger partial charge on any atom is 0.114 e. The normalized spacial score (nSPS) is 27.1. The Morgan fingerprint density at radius 2 is 2.29 bits per heavy atom. The number of rotatable bonds is 1. The van der Waals surface area contributed by atoms with Gasteiger partial charge in [0.05, 0.1) is 5.69 Å². The maximum atomic E-state index is 13.2. The molecular formula is C13H14ClFN2. The van der Waals surface area contributed by atoms with E-state index in [1.54, 1.807) is 0 Å². The SMILES string of the molecule is Cc1c(Cl)ccc2c1CC([C@@H]1C[C@H](F)CN1)=N2. The predicted molar refractivity (Wildman–Crippen MR) is 68.3 cm³/mol. The molecular weight excluding hydrogens is 239 g/mol. The first kappa shape index (κ1) is 11.2. The Balaban J connectivity index is 1.88. The van der Waals surface area contributed by atoms with E-state index in [0.717, 1.165) is 28.4 Å². The minimum absolute atomic E-state index is 0.0931. The summed E-state index contributed by atoms with van der Waals surface area (Å²) in [7, 11) is 0. The third-order valence-corrected chi connectivity index (χ3v) is 4.02. The van der Waals surface area contributed by atoms with Crippen molar-refractivity contribution in [2.75, 3.05) is 6.54 Å². The van der Waals surface area contributed by atoms with Crippen molar-refractivity contribution in [3.05, 3.63) is 28.3 Å². The monoisotopic (exact) mass is 252 g/mol. The van der Waals surface area contributed by atoms with Crippen molar-refractivity contribution in [1.82, 2.24) is 5.32 Å². The summed E-state index contributed by atoms with van der Waals surface area (Å²) in [5, 5.41) is 3.96. The molecule has 2 heterocycles. The van der Waals surface area contributed by atoms with Gasteiger partial charge in [0.25, 0.3) is 0 Å². The van der Waals surface area contributed by atoms with E-state index >= 15 is 0 Å². The average molecular weight is 253 g/mol. The van der Waals surface area contributed by atoms with Gasteiger partial charge in [-0.25, -0.2) is 4.39 Å². The zero-order valence-corrected chi connectivity index (χ0v) is 10.4. The van der Waals surface area contributed by atoms with Gasteiger partial charge in [-0.05, 0) is 30.2 Å². The molecule has 2 aliphatic heterocycles. The molecule has 90 valence electrons. The molecule has 1 N–H and O–H groups in total. The van der Waals surface area contributed by atoms with E-state index in [4.69, 9.17) is 11.6 Å². The standard InChI is InChI=1S/C13H14ClFN2/c1-7-9-5-13(12-4-8(15)6-16-12)17-11(9)3-2-10(7)14/h2-3,8,12,16H,4-6H2,1H3/t8-,12-/m0/s1. The minimum Gasteiger partial charge on any atom is -0.306 e. The summed E-state index contributed by atoms with van der Waals surface area (Å²) in [6.45, 7) is 2.46. The second-order valence-corrected chi connectivity index (χ2v) is 5.15. The molecule has 4 heteroatoms. The molecule has 0 aliphatic carbocycles. The molecule has 1 aromatic rings. The van der Waals surface area contributed by atoms with Gasteiger partial charge in [0.2, 0.25) is 0 Å². The highest BCUT2D eigenvalue weighted by Gasteiger charge is 2.30. The lowest BCUT2D eigenvalue weighted by Gasteiger charge is -2.09. The first-order chi connectivity index (χ1) is 8.15. The van der Waals surface area contributed by atoms with Crippen molar-refractivity contribution in [3.63, 3.8) is 0 Å². The van der Waals surface area contributed by atoms with Crippen LogP contribution in [0.25, 0.3) is 0 Å². The number of alkyl halides is 1. The van der Waals surface area contributed by atoms with Crippen LogP contribution in [0.4, 0.5) is 10.1 Å². The number of hydrogen-bond acceptors (Lipinski definition) is 2. The van der Waals surface area contributed by atoms with Crippen LogP contribution in [0.3, 0.4) is 0 Å². The molecule has 1 saturated heterocycles. The van der Waals surface area contributed by atoms with E-state index < -0.39 is 6.17 Å². The Morgan fingerprint density at radius 1 is 1.47 bits per heavy atom. The fraction of sp³-hybridized carbons (Fsp3) is 0.462. The van der Waals surface area contributed by atoms with Gasteiger partial charge in [-0.3, -0.25) is 4.99 Å². The van der Waals surface area contributed by atoms with Crippen molar-refractivity contribution >= 4 is 23.0 Å². The molecule has 0 radical (unpaired) electrons. The number of nitrogens with zero attached hydrogens (tertiary/aromatic N) is 1. The average Bonchev–Trinajstić information content (AvgIpc) is 2.90. The number of nitrogens with one attached hydrogen (secondary N) is 1. The van der Waals surface area contributed by atoms with Crippen molar-refractivity contribution in [1.29, 1.82) is 0 Å². The smallest absolute Gasteiger partial charge is 0.114 e. The number of halogens is 2. The molecule has 2 nitrogen and oxygen atoms in total. The van der Waals surface area contributed by atoms with Gasteiger partial charge in [0.15, 0.2) is 0 Å². The first-order valence-electron chi connectivity index (χ1n) is 5.88. The third-order valence-electron chi connectivity index (χ3n) is 3.61. The van der Waals surface area contributed by atoms with Gasteiger partial charge in [0.1, 0.15) is 6.17 Å². The van der Waals surface area contributed by atoms with Crippen LogP contribution >= 0.6 is 11.6 Å². The van der Waals surface area contributed by atoms with Gasteiger partial charge < -0.3 is 5.32 Å². The van der Waals surface area contributed by atoms with Gasteiger partial charge in [-0.1, -0.05) is 11.6 Å². The van der Waals surface area contributed by atoms with E-state index in [2.05, 4.69) is 10.3 Å².